The maximum Gasteiger partial charge on any atom is 0.252 e. The summed E-state index contributed by atoms with van der Waals surface area (Å²) in [6.45, 7) is 5.12. The van der Waals surface area contributed by atoms with Crippen molar-refractivity contribution in [2.45, 2.75) is 71.1 Å². The van der Waals surface area contributed by atoms with Gasteiger partial charge in [0, 0.05) is 24.2 Å². The van der Waals surface area contributed by atoms with Gasteiger partial charge < -0.3 is 4.98 Å². The van der Waals surface area contributed by atoms with Crippen LogP contribution < -0.4 is 5.56 Å². The summed E-state index contributed by atoms with van der Waals surface area (Å²) >= 11 is 0. The molecule has 0 radical (unpaired) electrons. The Kier molecular flexibility index (Phi) is 6.72. The number of nitrogens with one attached hydrogen (secondary N) is 1. The first-order valence-electron chi connectivity index (χ1n) is 12.4. The largest absolute Gasteiger partial charge is 0.322 e. The van der Waals surface area contributed by atoms with E-state index in [0.717, 1.165) is 47.1 Å². The highest BCUT2D eigenvalue weighted by atomic mass is 19.1. The Hall–Kier alpha value is -3.39. The van der Waals surface area contributed by atoms with Gasteiger partial charge in [0.1, 0.15) is 5.82 Å². The lowest BCUT2D eigenvalue weighted by Gasteiger charge is -2.31. The van der Waals surface area contributed by atoms with Crippen LogP contribution in [0.25, 0.3) is 10.9 Å². The lowest BCUT2D eigenvalue weighted by molar-refractivity contribution is 0.158. The van der Waals surface area contributed by atoms with Gasteiger partial charge in [-0.2, -0.15) is 0 Å². The Morgan fingerprint density at radius 1 is 1.11 bits per heavy atom. The normalized spacial score (nSPS) is 15.3. The van der Waals surface area contributed by atoms with E-state index in [0.29, 0.717) is 24.7 Å². The minimum Gasteiger partial charge on any atom is -0.322 e. The molecular weight excluding hydrogens is 443 g/mol. The Morgan fingerprint density at radius 3 is 2.63 bits per heavy atom. The van der Waals surface area contributed by atoms with Crippen molar-refractivity contribution in [3.63, 3.8) is 0 Å². The number of aromatic amines is 1. The van der Waals surface area contributed by atoms with Crippen LogP contribution in [0.15, 0.2) is 53.3 Å². The third kappa shape index (κ3) is 5.03. The summed E-state index contributed by atoms with van der Waals surface area (Å²) < 4.78 is 15.6. The lowest BCUT2D eigenvalue weighted by Crippen LogP contribution is -2.32. The van der Waals surface area contributed by atoms with Crippen molar-refractivity contribution in [3.8, 4) is 0 Å². The second-order valence-electron chi connectivity index (χ2n) is 9.59. The number of aryl methyl sites for hydroxylation is 1. The van der Waals surface area contributed by atoms with E-state index in [2.05, 4.69) is 38.4 Å². The Bertz CT molecular complexity index is 1360. The number of rotatable bonds is 8. The van der Waals surface area contributed by atoms with Crippen LogP contribution in [-0.4, -0.2) is 30.1 Å². The van der Waals surface area contributed by atoms with Crippen LogP contribution >= 0.6 is 0 Å². The van der Waals surface area contributed by atoms with Crippen LogP contribution in [0.1, 0.15) is 73.6 Å². The van der Waals surface area contributed by atoms with E-state index in [1.54, 1.807) is 12.1 Å². The highest BCUT2D eigenvalue weighted by Crippen LogP contribution is 2.33. The predicted octanol–water partition coefficient (Wildman–Crippen LogP) is 5.23. The van der Waals surface area contributed by atoms with Crippen LogP contribution in [-0.2, 0) is 13.1 Å². The summed E-state index contributed by atoms with van der Waals surface area (Å²) in [4.78, 5) is 18.3. The quantitative estimate of drug-likeness (QED) is 0.378. The minimum atomic E-state index is -0.265. The van der Waals surface area contributed by atoms with Crippen molar-refractivity contribution in [1.82, 2.24) is 30.1 Å². The van der Waals surface area contributed by atoms with Crippen LogP contribution in [0.3, 0.4) is 0 Å². The van der Waals surface area contributed by atoms with Gasteiger partial charge >= 0.3 is 0 Å². The molecule has 0 unspecified atom stereocenters. The topological polar surface area (TPSA) is 79.7 Å². The Balaban J connectivity index is 1.53. The maximum absolute atomic E-state index is 13.6. The number of hydrogen-bond donors (Lipinski definition) is 1. The zero-order valence-corrected chi connectivity index (χ0v) is 20.2. The third-order valence-electron chi connectivity index (χ3n) is 7.06. The van der Waals surface area contributed by atoms with Crippen molar-refractivity contribution in [3.05, 3.63) is 87.2 Å². The van der Waals surface area contributed by atoms with Gasteiger partial charge in [0.25, 0.3) is 5.56 Å². The fourth-order valence-electron chi connectivity index (χ4n) is 5.24. The molecule has 2 aromatic carbocycles. The molecule has 1 N–H and O–H groups in total. The van der Waals surface area contributed by atoms with Gasteiger partial charge in [-0.3, -0.25) is 9.69 Å². The molecule has 0 spiro atoms. The molecule has 0 bridgehead atoms. The van der Waals surface area contributed by atoms with E-state index in [9.17, 15) is 9.18 Å². The molecular formula is C27H31FN6O. The molecule has 0 saturated heterocycles. The molecule has 1 aliphatic rings. The van der Waals surface area contributed by atoms with Gasteiger partial charge in [-0.25, -0.2) is 9.07 Å². The number of hydrogen-bond acceptors (Lipinski definition) is 5. The highest BCUT2D eigenvalue weighted by Gasteiger charge is 2.29. The first kappa shape index (κ1) is 23.4. The van der Waals surface area contributed by atoms with E-state index < -0.39 is 0 Å². The third-order valence-corrected chi connectivity index (χ3v) is 7.06. The summed E-state index contributed by atoms with van der Waals surface area (Å²) in [5, 5.41) is 13.8. The number of halogens is 1. The van der Waals surface area contributed by atoms with Crippen LogP contribution in [0.4, 0.5) is 4.39 Å². The van der Waals surface area contributed by atoms with Crippen molar-refractivity contribution >= 4 is 10.9 Å². The molecule has 2 heterocycles. The molecule has 1 aliphatic carbocycles. The summed E-state index contributed by atoms with van der Waals surface area (Å²) in [7, 11) is 0. The number of benzene rings is 2. The van der Waals surface area contributed by atoms with E-state index in [1.165, 1.54) is 25.0 Å². The van der Waals surface area contributed by atoms with Gasteiger partial charge in [0.15, 0.2) is 5.82 Å². The second kappa shape index (κ2) is 10.1. The summed E-state index contributed by atoms with van der Waals surface area (Å²) in [5.41, 5.74) is 3.52. The van der Waals surface area contributed by atoms with Crippen molar-refractivity contribution in [2.24, 2.45) is 0 Å². The number of aromatic nitrogens is 5. The Morgan fingerprint density at radius 2 is 1.89 bits per heavy atom. The lowest BCUT2D eigenvalue weighted by atomic mass is 10.1. The monoisotopic (exact) mass is 474 g/mol. The van der Waals surface area contributed by atoms with Gasteiger partial charge in [0.2, 0.25) is 0 Å². The number of H-pyrrole nitrogens is 1. The van der Waals surface area contributed by atoms with Gasteiger partial charge in [-0.1, -0.05) is 43.5 Å². The van der Waals surface area contributed by atoms with Gasteiger partial charge in [-0.05, 0) is 77.9 Å². The fraction of sp³-hybridized carbons (Fsp3) is 0.407. The molecule has 1 atom stereocenters. The predicted molar refractivity (Wildman–Crippen MR) is 133 cm³/mol. The number of nitrogens with zero attached hydrogens (tertiary/aromatic N) is 5. The van der Waals surface area contributed by atoms with Crippen LogP contribution in [0.2, 0.25) is 0 Å². The van der Waals surface area contributed by atoms with Crippen molar-refractivity contribution in [1.29, 1.82) is 0 Å². The zero-order valence-electron chi connectivity index (χ0n) is 20.2. The van der Waals surface area contributed by atoms with Crippen LogP contribution in [0.5, 0.6) is 0 Å². The average molecular weight is 475 g/mol. The molecule has 4 aromatic rings. The standard InChI is InChI=1S/C27H31FN6O/c1-3-25(26-30-31-32-34(26)23-6-4-5-7-23)33(16-19-9-11-22(28)12-10-19)17-21-15-20-14-18(2)8-13-24(20)29-27(21)35/h8-15,23,25H,3-7,16-17H2,1-2H3,(H,29,35)/t25-/m0/s1. The molecule has 35 heavy (non-hydrogen) atoms. The maximum atomic E-state index is 13.6. The molecule has 0 amide bonds. The van der Waals surface area contributed by atoms with Crippen molar-refractivity contribution < 1.29 is 4.39 Å². The molecule has 1 saturated carbocycles. The smallest absolute Gasteiger partial charge is 0.252 e. The molecule has 1 fully saturated rings. The highest BCUT2D eigenvalue weighted by molar-refractivity contribution is 5.79. The number of pyridine rings is 1. The van der Waals surface area contributed by atoms with Crippen molar-refractivity contribution in [2.75, 3.05) is 0 Å². The minimum absolute atomic E-state index is 0.0942. The summed E-state index contributed by atoms with van der Waals surface area (Å²) in [5.74, 6) is 0.563. The fourth-order valence-corrected chi connectivity index (χ4v) is 5.24. The van der Waals surface area contributed by atoms with E-state index in [-0.39, 0.29) is 17.4 Å². The first-order chi connectivity index (χ1) is 17.0. The van der Waals surface area contributed by atoms with E-state index >= 15 is 0 Å². The van der Waals surface area contributed by atoms with Gasteiger partial charge in [-0.15, -0.1) is 5.10 Å². The molecule has 182 valence electrons. The van der Waals surface area contributed by atoms with Gasteiger partial charge in [0.05, 0.1) is 12.1 Å². The number of fused-ring (bicyclic) bond motifs is 1. The molecule has 2 aromatic heterocycles. The second-order valence-corrected chi connectivity index (χ2v) is 9.59. The van der Waals surface area contributed by atoms with Crippen LogP contribution in [0, 0.1) is 12.7 Å². The molecule has 7 nitrogen and oxygen atoms in total. The van der Waals surface area contributed by atoms with E-state index in [1.807, 2.05) is 29.8 Å². The first-order valence-corrected chi connectivity index (χ1v) is 12.4. The Labute approximate surface area is 204 Å². The molecule has 8 heteroatoms. The summed E-state index contributed by atoms with van der Waals surface area (Å²) in [6.07, 6.45) is 5.31. The zero-order chi connectivity index (χ0) is 24.4. The number of tetrazole rings is 1. The summed E-state index contributed by atoms with van der Waals surface area (Å²) in [6, 6.07) is 14.8. The molecule has 5 rings (SSSR count). The molecule has 0 aliphatic heterocycles. The SMILES string of the molecule is CC[C@@H](c1nnnn1C1CCCC1)N(Cc1ccc(F)cc1)Cc1cc2cc(C)ccc2[nH]c1=O. The average Bonchev–Trinajstić information content (AvgIpc) is 3.54. The van der Waals surface area contributed by atoms with E-state index in [4.69, 9.17) is 0 Å².